The molecule has 0 fully saturated rings. The Balaban J connectivity index is 2.13. The fourth-order valence-electron chi connectivity index (χ4n) is 1.56. The van der Waals surface area contributed by atoms with Crippen molar-refractivity contribution in [2.24, 2.45) is 0 Å². The van der Waals surface area contributed by atoms with Gasteiger partial charge in [-0.05, 0) is 12.1 Å². The summed E-state index contributed by atoms with van der Waals surface area (Å²) in [6.45, 7) is 0. The van der Waals surface area contributed by atoms with E-state index >= 15 is 0 Å². The number of imidazole rings is 1. The molecular formula is C11H9N5O. The molecule has 6 nitrogen and oxygen atoms in total. The van der Waals surface area contributed by atoms with Gasteiger partial charge in [0, 0.05) is 18.0 Å². The van der Waals surface area contributed by atoms with Crippen molar-refractivity contribution in [3.63, 3.8) is 0 Å². The van der Waals surface area contributed by atoms with E-state index in [0.717, 1.165) is 16.8 Å². The van der Waals surface area contributed by atoms with Gasteiger partial charge in [0.1, 0.15) is 11.8 Å². The second-order valence-corrected chi connectivity index (χ2v) is 3.44. The van der Waals surface area contributed by atoms with Gasteiger partial charge in [-0.3, -0.25) is 4.98 Å². The number of pyridine rings is 1. The topological polar surface area (TPSA) is 76.6 Å². The van der Waals surface area contributed by atoms with E-state index in [9.17, 15) is 0 Å². The number of nitrogens with one attached hydrogen (secondary N) is 1. The van der Waals surface area contributed by atoms with Crippen LogP contribution in [0.25, 0.3) is 22.4 Å². The molecule has 0 atom stereocenters. The van der Waals surface area contributed by atoms with Gasteiger partial charge in [-0.15, -0.1) is 0 Å². The zero-order chi connectivity index (χ0) is 11.7. The number of fused-ring (bicyclic) bond motifs is 1. The standard InChI is InChI=1S/C11H9N5O/c1-17-11-15-9-3-2-8(14-10(9)16-11)7-4-12-6-13-5-7/h2-6H,1H3,(H,14,15,16). The number of rotatable bonds is 2. The Morgan fingerprint density at radius 3 is 2.71 bits per heavy atom. The highest BCUT2D eigenvalue weighted by molar-refractivity contribution is 5.75. The van der Waals surface area contributed by atoms with E-state index in [1.807, 2.05) is 12.1 Å². The van der Waals surface area contributed by atoms with Crippen molar-refractivity contribution in [1.29, 1.82) is 0 Å². The minimum absolute atomic E-state index is 0.453. The van der Waals surface area contributed by atoms with E-state index in [2.05, 4.69) is 24.9 Å². The average molecular weight is 227 g/mol. The van der Waals surface area contributed by atoms with E-state index in [4.69, 9.17) is 4.74 Å². The first-order chi connectivity index (χ1) is 8.36. The van der Waals surface area contributed by atoms with Crippen LogP contribution in [0.2, 0.25) is 0 Å². The summed E-state index contributed by atoms with van der Waals surface area (Å²) in [5, 5.41) is 0. The lowest BCUT2D eigenvalue weighted by Crippen LogP contribution is -1.86. The largest absolute Gasteiger partial charge is 0.468 e. The molecule has 0 amide bonds. The third-order valence-corrected chi connectivity index (χ3v) is 2.37. The molecule has 84 valence electrons. The number of aromatic nitrogens is 5. The van der Waals surface area contributed by atoms with Crippen LogP contribution in [0.4, 0.5) is 0 Å². The van der Waals surface area contributed by atoms with Crippen molar-refractivity contribution in [1.82, 2.24) is 24.9 Å². The van der Waals surface area contributed by atoms with Crippen molar-refractivity contribution in [3.05, 3.63) is 30.9 Å². The summed E-state index contributed by atoms with van der Waals surface area (Å²) in [4.78, 5) is 19.5. The van der Waals surface area contributed by atoms with E-state index < -0.39 is 0 Å². The molecule has 0 saturated carbocycles. The SMILES string of the molecule is COc1nc2ccc(-c3cncnc3)nc2[nH]1. The first kappa shape index (κ1) is 9.71. The third-order valence-electron chi connectivity index (χ3n) is 2.37. The molecule has 0 bridgehead atoms. The van der Waals surface area contributed by atoms with Crippen LogP contribution >= 0.6 is 0 Å². The lowest BCUT2D eigenvalue weighted by Gasteiger charge is -1.97. The molecule has 1 N–H and O–H groups in total. The maximum Gasteiger partial charge on any atom is 0.295 e. The predicted octanol–water partition coefficient (Wildman–Crippen LogP) is 1.42. The lowest BCUT2D eigenvalue weighted by molar-refractivity contribution is 0.386. The average Bonchev–Trinajstić information content (AvgIpc) is 2.81. The number of ether oxygens (including phenoxy) is 1. The van der Waals surface area contributed by atoms with Crippen LogP contribution in [-0.2, 0) is 0 Å². The smallest absolute Gasteiger partial charge is 0.295 e. The maximum atomic E-state index is 5.01. The Morgan fingerprint density at radius 2 is 1.94 bits per heavy atom. The monoisotopic (exact) mass is 227 g/mol. The molecule has 0 aliphatic rings. The second kappa shape index (κ2) is 3.82. The zero-order valence-electron chi connectivity index (χ0n) is 9.08. The minimum atomic E-state index is 0.453. The van der Waals surface area contributed by atoms with Crippen molar-refractivity contribution >= 4 is 11.2 Å². The summed E-state index contributed by atoms with van der Waals surface area (Å²) in [6.07, 6.45) is 4.92. The van der Waals surface area contributed by atoms with Crippen LogP contribution in [0.15, 0.2) is 30.9 Å². The summed E-state index contributed by atoms with van der Waals surface area (Å²) in [5.74, 6) is 0. The Labute approximate surface area is 96.7 Å². The van der Waals surface area contributed by atoms with Gasteiger partial charge >= 0.3 is 0 Å². The van der Waals surface area contributed by atoms with Crippen LogP contribution in [0.5, 0.6) is 6.01 Å². The molecule has 0 radical (unpaired) electrons. The molecule has 3 aromatic heterocycles. The third kappa shape index (κ3) is 1.69. The predicted molar refractivity (Wildman–Crippen MR) is 61.5 cm³/mol. The van der Waals surface area contributed by atoms with Gasteiger partial charge in [-0.25, -0.2) is 15.0 Å². The van der Waals surface area contributed by atoms with E-state index in [1.54, 1.807) is 19.5 Å². The molecule has 0 spiro atoms. The summed E-state index contributed by atoms with van der Waals surface area (Å²) < 4.78 is 5.01. The molecule has 0 unspecified atom stereocenters. The molecule has 6 heteroatoms. The molecular weight excluding hydrogens is 218 g/mol. The van der Waals surface area contributed by atoms with Gasteiger partial charge in [0.05, 0.1) is 12.8 Å². The van der Waals surface area contributed by atoms with Crippen LogP contribution in [0, 0.1) is 0 Å². The van der Waals surface area contributed by atoms with E-state index in [1.165, 1.54) is 6.33 Å². The van der Waals surface area contributed by atoms with Gasteiger partial charge in [-0.2, -0.15) is 4.98 Å². The van der Waals surface area contributed by atoms with Crippen molar-refractivity contribution < 1.29 is 4.74 Å². The Bertz CT molecular complexity index is 649. The second-order valence-electron chi connectivity index (χ2n) is 3.44. The molecule has 3 aromatic rings. The molecule has 0 aromatic carbocycles. The van der Waals surface area contributed by atoms with Crippen LogP contribution in [0.1, 0.15) is 0 Å². The fourth-order valence-corrected chi connectivity index (χ4v) is 1.56. The summed E-state index contributed by atoms with van der Waals surface area (Å²) in [6, 6.07) is 4.21. The lowest BCUT2D eigenvalue weighted by atomic mass is 10.2. The number of hydrogen-bond acceptors (Lipinski definition) is 5. The number of aromatic amines is 1. The summed E-state index contributed by atoms with van der Waals surface area (Å²) >= 11 is 0. The van der Waals surface area contributed by atoms with E-state index in [0.29, 0.717) is 11.7 Å². The Kier molecular flexibility index (Phi) is 2.18. The number of hydrogen-bond donors (Lipinski definition) is 1. The molecule has 0 aliphatic carbocycles. The van der Waals surface area contributed by atoms with E-state index in [-0.39, 0.29) is 0 Å². The number of nitrogens with zero attached hydrogens (tertiary/aromatic N) is 4. The number of H-pyrrole nitrogens is 1. The number of methoxy groups -OCH3 is 1. The highest BCUT2D eigenvalue weighted by atomic mass is 16.5. The van der Waals surface area contributed by atoms with Gasteiger partial charge in [-0.1, -0.05) is 0 Å². The van der Waals surface area contributed by atoms with Crippen molar-refractivity contribution in [2.75, 3.05) is 7.11 Å². The van der Waals surface area contributed by atoms with Gasteiger partial charge in [0.2, 0.25) is 0 Å². The normalized spacial score (nSPS) is 10.6. The highest BCUT2D eigenvalue weighted by Gasteiger charge is 2.06. The molecule has 3 heterocycles. The first-order valence-corrected chi connectivity index (χ1v) is 5.03. The Hall–Kier alpha value is -2.50. The highest BCUT2D eigenvalue weighted by Crippen LogP contribution is 2.19. The zero-order valence-corrected chi connectivity index (χ0v) is 9.08. The maximum absolute atomic E-state index is 5.01. The van der Waals surface area contributed by atoms with Crippen LogP contribution < -0.4 is 4.74 Å². The van der Waals surface area contributed by atoms with Crippen LogP contribution in [0.3, 0.4) is 0 Å². The summed E-state index contributed by atoms with van der Waals surface area (Å²) in [5.41, 5.74) is 3.11. The molecule has 17 heavy (non-hydrogen) atoms. The van der Waals surface area contributed by atoms with Crippen LogP contribution in [-0.4, -0.2) is 32.0 Å². The molecule has 0 saturated heterocycles. The van der Waals surface area contributed by atoms with Gasteiger partial charge < -0.3 is 4.74 Å². The van der Waals surface area contributed by atoms with Gasteiger partial charge in [0.15, 0.2) is 5.65 Å². The summed E-state index contributed by atoms with van der Waals surface area (Å²) in [7, 11) is 1.56. The van der Waals surface area contributed by atoms with Crippen molar-refractivity contribution in [2.45, 2.75) is 0 Å². The molecule has 0 aliphatic heterocycles. The van der Waals surface area contributed by atoms with Crippen molar-refractivity contribution in [3.8, 4) is 17.3 Å². The Morgan fingerprint density at radius 1 is 1.12 bits per heavy atom. The minimum Gasteiger partial charge on any atom is -0.468 e. The van der Waals surface area contributed by atoms with Gasteiger partial charge in [0.25, 0.3) is 6.01 Å². The first-order valence-electron chi connectivity index (χ1n) is 5.03. The molecule has 3 rings (SSSR count). The quantitative estimate of drug-likeness (QED) is 0.716. The fraction of sp³-hybridized carbons (Fsp3) is 0.0909.